The summed E-state index contributed by atoms with van der Waals surface area (Å²) in [5, 5.41) is 5.25. The highest BCUT2D eigenvalue weighted by Gasteiger charge is 2.08. The zero-order valence-corrected chi connectivity index (χ0v) is 9.62. The Kier molecular flexibility index (Phi) is 3.29. The third kappa shape index (κ3) is 2.03. The fourth-order valence-electron chi connectivity index (χ4n) is 1.30. The minimum Gasteiger partial charge on any atom is -0.319 e. The maximum atomic E-state index is 4.39. The van der Waals surface area contributed by atoms with E-state index in [-0.39, 0.29) is 0 Å². The van der Waals surface area contributed by atoms with Gasteiger partial charge in [-0.15, -0.1) is 22.7 Å². The zero-order chi connectivity index (χ0) is 9.80. The highest BCUT2D eigenvalue weighted by atomic mass is 32.1. The topological polar surface area (TPSA) is 24.9 Å². The Bertz CT molecular complexity index is 378. The van der Waals surface area contributed by atoms with Crippen LogP contribution in [0.1, 0.15) is 5.69 Å². The molecular formula is C10H12N2S2. The van der Waals surface area contributed by atoms with Crippen molar-refractivity contribution in [1.82, 2.24) is 10.3 Å². The summed E-state index contributed by atoms with van der Waals surface area (Å²) in [7, 11) is 1.97. The number of nitrogens with zero attached hydrogens (tertiary/aromatic N) is 1. The fourth-order valence-corrected chi connectivity index (χ4v) is 3.03. The molecule has 0 amide bonds. The van der Waals surface area contributed by atoms with E-state index in [0.717, 1.165) is 13.0 Å². The van der Waals surface area contributed by atoms with Crippen molar-refractivity contribution in [2.24, 2.45) is 0 Å². The van der Waals surface area contributed by atoms with Crippen molar-refractivity contribution in [3.05, 3.63) is 28.7 Å². The van der Waals surface area contributed by atoms with Crippen molar-refractivity contribution in [2.45, 2.75) is 6.42 Å². The predicted octanol–water partition coefficient (Wildman–Crippen LogP) is 2.63. The second-order valence-corrected chi connectivity index (χ2v) is 4.76. The number of rotatable bonds is 4. The molecule has 0 aliphatic heterocycles. The van der Waals surface area contributed by atoms with Crippen molar-refractivity contribution in [3.63, 3.8) is 0 Å². The van der Waals surface area contributed by atoms with E-state index in [1.54, 1.807) is 22.7 Å². The summed E-state index contributed by atoms with van der Waals surface area (Å²) < 4.78 is 0. The van der Waals surface area contributed by atoms with Crippen LogP contribution in [0.25, 0.3) is 9.75 Å². The van der Waals surface area contributed by atoms with Gasteiger partial charge < -0.3 is 5.32 Å². The smallest absolute Gasteiger partial charge is 0.0801 e. The molecule has 0 aromatic carbocycles. The Morgan fingerprint density at radius 3 is 3.07 bits per heavy atom. The molecule has 2 heterocycles. The molecule has 4 heteroatoms. The largest absolute Gasteiger partial charge is 0.319 e. The third-order valence-electron chi connectivity index (χ3n) is 2.00. The minimum absolute atomic E-state index is 0.988. The lowest BCUT2D eigenvalue weighted by atomic mass is 10.2. The molecule has 0 saturated heterocycles. The number of hydrogen-bond acceptors (Lipinski definition) is 4. The number of hydrogen-bond donors (Lipinski definition) is 1. The monoisotopic (exact) mass is 224 g/mol. The number of thiazole rings is 1. The number of thiophene rings is 1. The van der Waals surface area contributed by atoms with Gasteiger partial charge in [-0.1, -0.05) is 6.07 Å². The van der Waals surface area contributed by atoms with Crippen molar-refractivity contribution >= 4 is 22.7 Å². The van der Waals surface area contributed by atoms with Gasteiger partial charge in [0.2, 0.25) is 0 Å². The number of aromatic nitrogens is 1. The van der Waals surface area contributed by atoms with Crippen LogP contribution in [-0.2, 0) is 6.42 Å². The zero-order valence-electron chi connectivity index (χ0n) is 7.99. The molecule has 0 fully saturated rings. The molecule has 0 bridgehead atoms. The van der Waals surface area contributed by atoms with Crippen molar-refractivity contribution in [1.29, 1.82) is 0 Å². The highest BCUT2D eigenvalue weighted by molar-refractivity contribution is 7.20. The van der Waals surface area contributed by atoms with Gasteiger partial charge in [-0.2, -0.15) is 0 Å². The quantitative estimate of drug-likeness (QED) is 0.863. The predicted molar refractivity (Wildman–Crippen MR) is 63.1 cm³/mol. The van der Waals surface area contributed by atoms with Crippen molar-refractivity contribution in [2.75, 3.05) is 13.6 Å². The summed E-state index contributed by atoms with van der Waals surface area (Å²) in [6.07, 6.45) is 1.01. The molecule has 0 unspecified atom stereocenters. The standard InChI is InChI=1S/C10H12N2S2/c1-11-5-4-8-10(14-7-12-8)9-3-2-6-13-9/h2-3,6-7,11H,4-5H2,1H3. The van der Waals surface area contributed by atoms with Crippen LogP contribution in [-0.4, -0.2) is 18.6 Å². The van der Waals surface area contributed by atoms with Crippen molar-refractivity contribution in [3.8, 4) is 9.75 Å². The van der Waals surface area contributed by atoms with Gasteiger partial charge in [-0.05, 0) is 18.5 Å². The van der Waals surface area contributed by atoms with Gasteiger partial charge in [0.1, 0.15) is 0 Å². The maximum absolute atomic E-state index is 4.39. The Labute approximate surface area is 91.6 Å². The van der Waals surface area contributed by atoms with Gasteiger partial charge >= 0.3 is 0 Å². The lowest BCUT2D eigenvalue weighted by molar-refractivity contribution is 0.781. The van der Waals surface area contributed by atoms with Crippen LogP contribution in [0.5, 0.6) is 0 Å². The van der Waals surface area contributed by atoms with Crippen LogP contribution in [0.3, 0.4) is 0 Å². The second-order valence-electron chi connectivity index (χ2n) is 2.96. The van der Waals surface area contributed by atoms with E-state index >= 15 is 0 Å². The Morgan fingerprint density at radius 1 is 1.43 bits per heavy atom. The molecule has 0 aliphatic carbocycles. The van der Waals surface area contributed by atoms with Crippen LogP contribution in [0, 0.1) is 0 Å². The van der Waals surface area contributed by atoms with E-state index in [0.29, 0.717) is 0 Å². The first-order chi connectivity index (χ1) is 6.92. The fraction of sp³-hybridized carbons (Fsp3) is 0.300. The molecule has 0 saturated carbocycles. The molecule has 1 N–H and O–H groups in total. The van der Waals surface area contributed by atoms with Crippen LogP contribution in [0.15, 0.2) is 23.0 Å². The van der Waals surface area contributed by atoms with E-state index in [1.165, 1.54) is 15.4 Å². The highest BCUT2D eigenvalue weighted by Crippen LogP contribution is 2.31. The van der Waals surface area contributed by atoms with Gasteiger partial charge in [-0.25, -0.2) is 4.98 Å². The van der Waals surface area contributed by atoms with Crippen LogP contribution >= 0.6 is 22.7 Å². The van der Waals surface area contributed by atoms with E-state index in [9.17, 15) is 0 Å². The molecule has 0 radical (unpaired) electrons. The summed E-state index contributed by atoms with van der Waals surface area (Å²) in [5.74, 6) is 0. The first-order valence-corrected chi connectivity index (χ1v) is 6.28. The Morgan fingerprint density at radius 2 is 2.36 bits per heavy atom. The maximum Gasteiger partial charge on any atom is 0.0801 e. The normalized spacial score (nSPS) is 10.6. The minimum atomic E-state index is 0.988. The molecule has 0 atom stereocenters. The number of likely N-dealkylation sites (N-methyl/N-ethyl adjacent to an activating group) is 1. The second kappa shape index (κ2) is 4.68. The molecular weight excluding hydrogens is 212 g/mol. The third-order valence-corrected chi connectivity index (χ3v) is 3.92. The van der Waals surface area contributed by atoms with E-state index in [2.05, 4.69) is 27.8 Å². The molecule has 2 rings (SSSR count). The van der Waals surface area contributed by atoms with Gasteiger partial charge in [0.15, 0.2) is 0 Å². The summed E-state index contributed by atoms with van der Waals surface area (Å²) in [5.41, 5.74) is 3.15. The molecule has 0 spiro atoms. The SMILES string of the molecule is CNCCc1ncsc1-c1cccs1. The summed E-state index contributed by atoms with van der Waals surface area (Å²) in [6.45, 7) is 0.988. The average Bonchev–Trinajstić information content (AvgIpc) is 2.84. The lowest BCUT2D eigenvalue weighted by Crippen LogP contribution is -2.10. The van der Waals surface area contributed by atoms with Gasteiger partial charge in [0, 0.05) is 17.8 Å². The summed E-state index contributed by atoms with van der Waals surface area (Å²) in [4.78, 5) is 7.06. The van der Waals surface area contributed by atoms with E-state index in [4.69, 9.17) is 0 Å². The van der Waals surface area contributed by atoms with E-state index < -0.39 is 0 Å². The Balaban J connectivity index is 2.22. The molecule has 0 aliphatic rings. The summed E-state index contributed by atoms with van der Waals surface area (Å²) >= 11 is 3.51. The molecule has 2 aromatic rings. The van der Waals surface area contributed by atoms with Crippen LogP contribution < -0.4 is 5.32 Å². The number of nitrogens with one attached hydrogen (secondary N) is 1. The average molecular weight is 224 g/mol. The van der Waals surface area contributed by atoms with Gasteiger partial charge in [0.25, 0.3) is 0 Å². The van der Waals surface area contributed by atoms with Crippen LogP contribution in [0.2, 0.25) is 0 Å². The molecule has 14 heavy (non-hydrogen) atoms. The summed E-state index contributed by atoms with van der Waals surface area (Å²) in [6, 6.07) is 4.24. The van der Waals surface area contributed by atoms with Crippen molar-refractivity contribution < 1.29 is 0 Å². The van der Waals surface area contributed by atoms with Gasteiger partial charge in [0.05, 0.1) is 16.1 Å². The first kappa shape index (κ1) is 9.83. The molecule has 2 aromatic heterocycles. The first-order valence-electron chi connectivity index (χ1n) is 4.52. The molecule has 74 valence electrons. The lowest BCUT2D eigenvalue weighted by Gasteiger charge is -1.99. The van der Waals surface area contributed by atoms with Crippen LogP contribution in [0.4, 0.5) is 0 Å². The van der Waals surface area contributed by atoms with Gasteiger partial charge in [-0.3, -0.25) is 0 Å². The molecule has 2 nitrogen and oxygen atoms in total. The van der Waals surface area contributed by atoms with E-state index in [1.807, 2.05) is 12.6 Å². The Hall–Kier alpha value is -0.710.